The topological polar surface area (TPSA) is 196 Å². The van der Waals surface area contributed by atoms with Gasteiger partial charge in [-0.2, -0.15) is 0 Å². The van der Waals surface area contributed by atoms with E-state index in [0.29, 0.717) is 22.4 Å². The van der Waals surface area contributed by atoms with Gasteiger partial charge >= 0.3 is 6.09 Å². The number of hydrogen-bond acceptors (Lipinski definition) is 9. The van der Waals surface area contributed by atoms with Gasteiger partial charge in [-0.15, -0.1) is 0 Å². The number of nitrogens with one attached hydrogen (secondary N) is 1. The van der Waals surface area contributed by atoms with Gasteiger partial charge < -0.3 is 30.9 Å². The van der Waals surface area contributed by atoms with Crippen LogP contribution in [0.25, 0.3) is 16.9 Å². The zero-order valence-corrected chi connectivity index (χ0v) is 22.4. The highest BCUT2D eigenvalue weighted by atomic mass is 16.5. The molecule has 0 heterocycles. The third-order valence-corrected chi connectivity index (χ3v) is 7.94. The van der Waals surface area contributed by atoms with Gasteiger partial charge in [0.05, 0.1) is 12.2 Å². The summed E-state index contributed by atoms with van der Waals surface area (Å²) in [5.74, 6) is -6.54. The number of ether oxygens (including phenoxy) is 1. The molecular weight excluding hydrogens is 532 g/mol. The Bertz CT molecular complexity index is 1550. The lowest BCUT2D eigenvalue weighted by Gasteiger charge is -2.46. The first-order chi connectivity index (χ1) is 19.3. The van der Waals surface area contributed by atoms with Crippen molar-refractivity contribution in [3.63, 3.8) is 0 Å². The van der Waals surface area contributed by atoms with E-state index >= 15 is 0 Å². The fourth-order valence-electron chi connectivity index (χ4n) is 6.02. The number of benzene rings is 2. The van der Waals surface area contributed by atoms with E-state index < -0.39 is 58.1 Å². The summed E-state index contributed by atoms with van der Waals surface area (Å²) in [6.07, 6.45) is -0.745. The van der Waals surface area contributed by atoms with Crippen molar-refractivity contribution in [2.75, 3.05) is 11.9 Å². The maximum atomic E-state index is 13.6. The number of hydrogen-bond donors (Lipinski definition) is 6. The molecular formula is C30H30N2O9. The Hall–Kier alpha value is -4.64. The van der Waals surface area contributed by atoms with Crippen molar-refractivity contribution >= 4 is 35.0 Å². The molecule has 5 rings (SSSR count). The Morgan fingerprint density at radius 1 is 1.07 bits per heavy atom. The standard InChI is InChI=1S/C30H30N2O9/c1-13(2)12-41-29(39)32-17-5-3-14(4-6-17)18-7-8-20(33)23-19(18)10-15-9-16-11-21(34)24(28(31)38)27(37)30(16,40)26(36)22(15)25(23)35/h3-8,13,15-16,33,35,37,40H,9-12H2,1-2H3,(H2,31,38)(H,32,39)/t15-,16+,30+/m1/s1. The minimum Gasteiger partial charge on any atom is -0.508 e. The van der Waals surface area contributed by atoms with E-state index in [0.717, 1.165) is 0 Å². The molecule has 0 spiro atoms. The number of aliphatic hydroxyl groups is 3. The summed E-state index contributed by atoms with van der Waals surface area (Å²) in [6.45, 7) is 4.13. The number of carbonyl (C=O) groups excluding carboxylic acids is 4. The molecule has 11 nitrogen and oxygen atoms in total. The molecule has 3 aliphatic rings. The SMILES string of the molecule is CC(C)COC(=O)Nc1ccc(-c2ccc(O)c3c2C[C@H]2C[C@H]4CC(=O)C(C(N)=O)=C(O)[C@@]4(O)C(=O)C2=C3O)cc1. The fourth-order valence-corrected chi connectivity index (χ4v) is 6.02. The summed E-state index contributed by atoms with van der Waals surface area (Å²) in [6, 6.07) is 9.90. The normalized spacial score (nSPS) is 23.6. The molecule has 0 aliphatic heterocycles. The lowest BCUT2D eigenvalue weighted by molar-refractivity contribution is -0.147. The molecule has 1 fully saturated rings. The summed E-state index contributed by atoms with van der Waals surface area (Å²) in [4.78, 5) is 50.0. The zero-order chi connectivity index (χ0) is 29.8. The molecule has 1 saturated carbocycles. The molecule has 2 aromatic rings. The van der Waals surface area contributed by atoms with Crippen LogP contribution in [0.2, 0.25) is 0 Å². The number of Topliss-reactive ketones (excluding diaryl/α,β-unsaturated/α-hetero) is 2. The maximum absolute atomic E-state index is 13.6. The van der Waals surface area contributed by atoms with Crippen molar-refractivity contribution < 1.29 is 44.3 Å². The van der Waals surface area contributed by atoms with Crippen molar-refractivity contribution in [2.24, 2.45) is 23.5 Å². The van der Waals surface area contributed by atoms with Gasteiger partial charge in [0.25, 0.3) is 5.91 Å². The van der Waals surface area contributed by atoms with Gasteiger partial charge in [-0.05, 0) is 59.6 Å². The van der Waals surface area contributed by atoms with E-state index in [4.69, 9.17) is 10.5 Å². The second kappa shape index (κ2) is 10.1. The number of amides is 2. The number of aromatic hydroxyl groups is 1. The Balaban J connectivity index is 1.52. The van der Waals surface area contributed by atoms with Gasteiger partial charge in [0, 0.05) is 23.6 Å². The van der Waals surface area contributed by atoms with Crippen molar-refractivity contribution in [2.45, 2.75) is 38.7 Å². The number of phenolic OH excluding ortho intramolecular Hbond substituents is 1. The van der Waals surface area contributed by atoms with Gasteiger partial charge in [0.2, 0.25) is 5.78 Å². The lowest BCUT2D eigenvalue weighted by Crippen LogP contribution is -2.58. The number of nitrogens with two attached hydrogens (primary N) is 1. The zero-order valence-electron chi connectivity index (χ0n) is 22.4. The third-order valence-electron chi connectivity index (χ3n) is 7.94. The van der Waals surface area contributed by atoms with Crippen molar-refractivity contribution in [3.8, 4) is 16.9 Å². The number of rotatable bonds is 5. The first kappa shape index (κ1) is 27.9. The highest BCUT2D eigenvalue weighted by molar-refractivity contribution is 6.22. The number of ketones is 2. The minimum absolute atomic E-state index is 0.00842. The van der Waals surface area contributed by atoms with Crippen molar-refractivity contribution in [1.29, 1.82) is 0 Å². The smallest absolute Gasteiger partial charge is 0.411 e. The van der Waals surface area contributed by atoms with Crippen LogP contribution < -0.4 is 11.1 Å². The lowest BCUT2D eigenvalue weighted by atomic mass is 9.59. The van der Waals surface area contributed by atoms with Crippen LogP contribution in [0.3, 0.4) is 0 Å². The van der Waals surface area contributed by atoms with Crippen LogP contribution in [0.15, 0.2) is 53.3 Å². The number of fused-ring (bicyclic) bond motifs is 3. The molecule has 7 N–H and O–H groups in total. The Morgan fingerprint density at radius 3 is 2.39 bits per heavy atom. The van der Waals surface area contributed by atoms with Gasteiger partial charge in [-0.1, -0.05) is 32.0 Å². The molecule has 41 heavy (non-hydrogen) atoms. The quantitative estimate of drug-likeness (QED) is 0.296. The molecule has 3 aliphatic carbocycles. The minimum atomic E-state index is -2.61. The van der Waals surface area contributed by atoms with Crippen LogP contribution in [0.1, 0.15) is 37.8 Å². The molecule has 2 amide bonds. The summed E-state index contributed by atoms with van der Waals surface area (Å²) in [5, 5.41) is 46.7. The number of aliphatic hydroxyl groups excluding tert-OH is 2. The molecule has 11 heteroatoms. The molecule has 214 valence electrons. The first-order valence-corrected chi connectivity index (χ1v) is 13.2. The maximum Gasteiger partial charge on any atom is 0.411 e. The first-order valence-electron chi connectivity index (χ1n) is 13.2. The molecule has 0 bridgehead atoms. The molecule has 0 saturated heterocycles. The van der Waals surface area contributed by atoms with Crippen LogP contribution >= 0.6 is 0 Å². The van der Waals surface area contributed by atoms with E-state index in [2.05, 4.69) is 5.32 Å². The second-order valence-electron chi connectivity index (χ2n) is 11.1. The second-order valence-corrected chi connectivity index (χ2v) is 11.1. The monoisotopic (exact) mass is 562 g/mol. The van der Waals surface area contributed by atoms with Crippen molar-refractivity contribution in [1.82, 2.24) is 0 Å². The third kappa shape index (κ3) is 4.51. The number of anilines is 1. The van der Waals surface area contributed by atoms with Crippen molar-refractivity contribution in [3.05, 3.63) is 64.4 Å². The van der Waals surface area contributed by atoms with Gasteiger partial charge in [-0.25, -0.2) is 4.79 Å². The van der Waals surface area contributed by atoms with E-state index in [9.17, 15) is 39.6 Å². The van der Waals surface area contributed by atoms with Gasteiger partial charge in [0.15, 0.2) is 11.4 Å². The van der Waals surface area contributed by atoms with E-state index in [-0.39, 0.29) is 48.7 Å². The van der Waals surface area contributed by atoms with E-state index in [1.807, 2.05) is 13.8 Å². The highest BCUT2D eigenvalue weighted by Crippen LogP contribution is 2.53. The molecule has 0 radical (unpaired) electrons. The summed E-state index contributed by atoms with van der Waals surface area (Å²) >= 11 is 0. The summed E-state index contributed by atoms with van der Waals surface area (Å²) < 4.78 is 5.14. The van der Waals surface area contributed by atoms with Crippen LogP contribution in [-0.2, 0) is 25.5 Å². The largest absolute Gasteiger partial charge is 0.508 e. The van der Waals surface area contributed by atoms with E-state index in [1.54, 1.807) is 30.3 Å². The highest BCUT2D eigenvalue weighted by Gasteiger charge is 2.60. The number of primary amides is 1. The van der Waals surface area contributed by atoms with Crippen LogP contribution in [0, 0.1) is 17.8 Å². The Kier molecular flexibility index (Phi) is 6.86. The average Bonchev–Trinajstić information content (AvgIpc) is 2.90. The van der Waals surface area contributed by atoms with Crippen LogP contribution in [0.5, 0.6) is 5.75 Å². The van der Waals surface area contributed by atoms with Crippen LogP contribution in [-0.4, -0.2) is 56.2 Å². The molecule has 0 unspecified atom stereocenters. The van der Waals surface area contributed by atoms with Gasteiger partial charge in [0.1, 0.15) is 22.8 Å². The Labute approximate surface area is 234 Å². The molecule has 2 aromatic carbocycles. The Morgan fingerprint density at radius 2 is 1.76 bits per heavy atom. The number of carbonyl (C=O) groups is 4. The summed E-state index contributed by atoms with van der Waals surface area (Å²) in [5.41, 5.74) is 4.00. The summed E-state index contributed by atoms with van der Waals surface area (Å²) in [7, 11) is 0. The molecule has 3 atom stereocenters. The number of phenols is 1. The fraction of sp³-hybridized carbons (Fsp3) is 0.333. The van der Waals surface area contributed by atoms with E-state index in [1.165, 1.54) is 6.07 Å². The average molecular weight is 563 g/mol. The molecule has 0 aromatic heterocycles. The van der Waals surface area contributed by atoms with Gasteiger partial charge in [-0.3, -0.25) is 19.7 Å². The predicted octanol–water partition coefficient (Wildman–Crippen LogP) is 3.30. The van der Waals surface area contributed by atoms with Crippen LogP contribution in [0.4, 0.5) is 10.5 Å². The predicted molar refractivity (Wildman–Crippen MR) is 147 cm³/mol.